The molecule has 65 heavy (non-hydrogen) atoms. The van der Waals surface area contributed by atoms with Crippen LogP contribution in [0.3, 0.4) is 0 Å². The lowest BCUT2D eigenvalue weighted by Gasteiger charge is -2.40. The van der Waals surface area contributed by atoms with Gasteiger partial charge in [0.15, 0.2) is 6.29 Å². The number of hydrogen-bond acceptors (Lipinski definition) is 9. The average Bonchev–Trinajstić information content (AvgIpc) is 3.31. The van der Waals surface area contributed by atoms with E-state index in [0.717, 1.165) is 44.9 Å². The fourth-order valence-corrected chi connectivity index (χ4v) is 8.87. The summed E-state index contributed by atoms with van der Waals surface area (Å²) in [5.41, 5.74) is 0. The van der Waals surface area contributed by atoms with Gasteiger partial charge < -0.3 is 45.4 Å². The van der Waals surface area contributed by atoms with E-state index in [1.54, 1.807) is 6.08 Å². The van der Waals surface area contributed by atoms with Crippen LogP contribution in [-0.4, -0.2) is 98.7 Å². The first-order chi connectivity index (χ1) is 31.8. The number of rotatable bonds is 47. The second-order valence-corrected chi connectivity index (χ2v) is 19.5. The molecule has 0 radical (unpaired) electrons. The summed E-state index contributed by atoms with van der Waals surface area (Å²) < 4.78 is 11.2. The predicted octanol–water partition coefficient (Wildman–Crippen LogP) is 12.0. The van der Waals surface area contributed by atoms with Gasteiger partial charge in [-0.15, -0.1) is 0 Å². The van der Waals surface area contributed by atoms with Crippen molar-refractivity contribution in [3.8, 4) is 0 Å². The molecule has 0 aromatic heterocycles. The lowest BCUT2D eigenvalue weighted by Crippen LogP contribution is -2.60. The zero-order chi connectivity index (χ0) is 47.4. The van der Waals surface area contributed by atoms with Gasteiger partial charge in [0.1, 0.15) is 30.5 Å². The van der Waals surface area contributed by atoms with Gasteiger partial charge in [-0.05, 0) is 44.9 Å². The first-order valence-corrected chi connectivity index (χ1v) is 27.7. The molecule has 7 N–H and O–H groups in total. The minimum absolute atomic E-state index is 0.303. The Morgan fingerprint density at radius 1 is 0.523 bits per heavy atom. The quantitative estimate of drug-likeness (QED) is 0.0232. The van der Waals surface area contributed by atoms with Crippen molar-refractivity contribution in [1.82, 2.24) is 5.32 Å². The average molecular weight is 924 g/mol. The predicted molar refractivity (Wildman–Crippen MR) is 269 cm³/mol. The molecule has 0 aromatic rings. The zero-order valence-electron chi connectivity index (χ0n) is 42.1. The van der Waals surface area contributed by atoms with E-state index in [1.165, 1.54) is 193 Å². The Morgan fingerprint density at radius 2 is 0.892 bits per heavy atom. The molecular formula is C55H105NO9. The molecule has 0 unspecified atom stereocenters. The fraction of sp³-hybridized carbons (Fsp3) is 0.909. The summed E-state index contributed by atoms with van der Waals surface area (Å²) in [4.78, 5) is 13.1. The Morgan fingerprint density at radius 3 is 1.29 bits per heavy atom. The van der Waals surface area contributed by atoms with Crippen LogP contribution in [-0.2, 0) is 14.3 Å². The van der Waals surface area contributed by atoms with E-state index < -0.39 is 61.5 Å². The lowest BCUT2D eigenvalue weighted by atomic mass is 9.99. The van der Waals surface area contributed by atoms with Gasteiger partial charge in [0.05, 0.1) is 25.4 Å². The van der Waals surface area contributed by atoms with Gasteiger partial charge in [0.2, 0.25) is 5.91 Å². The standard InChI is InChI=1S/C55H105NO9/c1-3-5-7-9-11-13-15-17-18-19-20-21-22-23-24-25-26-27-28-29-30-31-32-34-36-38-40-42-44-49(59)54(63)56-47(46-64-55-53(62)52(61)51(60)50(45-57)65-55)48(58)43-41-39-37-35-33-16-14-12-10-8-6-4-2/h17-18,41,43,47-53,55,57-62H,3-16,19-40,42,44-46H2,1-2H3,(H,56,63)/b18-17-,43-41+/t47-,48+,49+,50+,51+,52-,53+,55+/m0/s1. The molecule has 0 spiro atoms. The molecule has 1 saturated heterocycles. The molecule has 0 aliphatic carbocycles. The van der Waals surface area contributed by atoms with Crippen molar-refractivity contribution in [2.45, 2.75) is 307 Å². The van der Waals surface area contributed by atoms with Crippen LogP contribution in [0.4, 0.5) is 0 Å². The maximum atomic E-state index is 13.1. The van der Waals surface area contributed by atoms with Crippen LogP contribution < -0.4 is 5.32 Å². The number of aliphatic hydroxyl groups excluding tert-OH is 6. The Bertz CT molecular complexity index is 1090. The molecule has 0 bridgehead atoms. The van der Waals surface area contributed by atoms with Crippen LogP contribution in [0.2, 0.25) is 0 Å². The van der Waals surface area contributed by atoms with Crippen molar-refractivity contribution in [2.75, 3.05) is 13.2 Å². The van der Waals surface area contributed by atoms with Crippen molar-refractivity contribution in [3.05, 3.63) is 24.3 Å². The SMILES string of the molecule is CCCCCCCC/C=C\CCCCCCCCCCCCCCCCCCCC[C@@H](O)C(=O)N[C@@H](CO[C@@H]1O[C@H](CO)[C@@H](O)[C@H](O)[C@H]1O)[C@H](O)/C=C/CCCCCCCCCCCC. The smallest absolute Gasteiger partial charge is 0.249 e. The molecule has 10 heteroatoms. The van der Waals surface area contributed by atoms with Gasteiger partial charge in [0, 0.05) is 0 Å². The van der Waals surface area contributed by atoms with Gasteiger partial charge in [-0.3, -0.25) is 4.79 Å². The highest BCUT2D eigenvalue weighted by atomic mass is 16.7. The third kappa shape index (κ3) is 34.6. The third-order valence-electron chi connectivity index (χ3n) is 13.4. The minimum atomic E-state index is -1.61. The van der Waals surface area contributed by atoms with Gasteiger partial charge in [-0.2, -0.15) is 0 Å². The molecule has 1 fully saturated rings. The summed E-state index contributed by atoms with van der Waals surface area (Å²) in [6.45, 7) is 3.61. The maximum absolute atomic E-state index is 13.1. The number of nitrogens with one attached hydrogen (secondary N) is 1. The Balaban J connectivity index is 2.19. The molecular weight excluding hydrogens is 819 g/mol. The summed E-state index contributed by atoms with van der Waals surface area (Å²) in [5, 5.41) is 64.8. The number of carbonyl (C=O) groups is 1. The van der Waals surface area contributed by atoms with E-state index in [4.69, 9.17) is 9.47 Å². The molecule has 1 heterocycles. The second kappa shape index (κ2) is 45.1. The van der Waals surface area contributed by atoms with Crippen LogP contribution in [0, 0.1) is 0 Å². The first-order valence-electron chi connectivity index (χ1n) is 27.7. The summed E-state index contributed by atoms with van der Waals surface area (Å²) in [6, 6.07) is -0.976. The van der Waals surface area contributed by atoms with Crippen LogP contribution in [0.25, 0.3) is 0 Å². The van der Waals surface area contributed by atoms with Crippen molar-refractivity contribution in [3.63, 3.8) is 0 Å². The molecule has 1 rings (SSSR count). The Kier molecular flexibility index (Phi) is 42.8. The number of aliphatic hydroxyl groups is 6. The lowest BCUT2D eigenvalue weighted by molar-refractivity contribution is -0.302. The highest BCUT2D eigenvalue weighted by Gasteiger charge is 2.44. The maximum Gasteiger partial charge on any atom is 0.249 e. The van der Waals surface area contributed by atoms with E-state index in [0.29, 0.717) is 6.42 Å². The summed E-state index contributed by atoms with van der Waals surface area (Å²) in [6.07, 6.45) is 45.7. The minimum Gasteiger partial charge on any atom is -0.394 e. The van der Waals surface area contributed by atoms with Gasteiger partial charge >= 0.3 is 0 Å². The van der Waals surface area contributed by atoms with Crippen molar-refractivity contribution in [1.29, 1.82) is 0 Å². The van der Waals surface area contributed by atoms with Crippen LogP contribution in [0.15, 0.2) is 24.3 Å². The van der Waals surface area contributed by atoms with Gasteiger partial charge in [-0.25, -0.2) is 0 Å². The monoisotopic (exact) mass is 924 g/mol. The summed E-state index contributed by atoms with van der Waals surface area (Å²) in [7, 11) is 0. The van der Waals surface area contributed by atoms with Crippen LogP contribution in [0.1, 0.15) is 258 Å². The van der Waals surface area contributed by atoms with Crippen molar-refractivity contribution < 1.29 is 44.9 Å². The zero-order valence-corrected chi connectivity index (χ0v) is 42.1. The molecule has 0 saturated carbocycles. The van der Waals surface area contributed by atoms with Gasteiger partial charge in [-0.1, -0.05) is 237 Å². The van der Waals surface area contributed by atoms with Crippen LogP contribution >= 0.6 is 0 Å². The van der Waals surface area contributed by atoms with E-state index in [2.05, 4.69) is 31.3 Å². The van der Waals surface area contributed by atoms with E-state index in [-0.39, 0.29) is 6.61 Å². The number of carbonyl (C=O) groups excluding carboxylic acids is 1. The van der Waals surface area contributed by atoms with Crippen LogP contribution in [0.5, 0.6) is 0 Å². The molecule has 8 atom stereocenters. The third-order valence-corrected chi connectivity index (χ3v) is 13.4. The highest BCUT2D eigenvalue weighted by Crippen LogP contribution is 2.23. The number of amides is 1. The second-order valence-electron chi connectivity index (χ2n) is 19.5. The summed E-state index contributed by atoms with van der Waals surface area (Å²) >= 11 is 0. The van der Waals surface area contributed by atoms with Crippen molar-refractivity contribution >= 4 is 5.91 Å². The first kappa shape index (κ1) is 61.6. The normalized spacial score (nSPS) is 20.5. The number of ether oxygens (including phenoxy) is 2. The van der Waals surface area contributed by atoms with Crippen molar-refractivity contribution in [2.24, 2.45) is 0 Å². The molecule has 1 aliphatic rings. The molecule has 10 nitrogen and oxygen atoms in total. The van der Waals surface area contributed by atoms with E-state index in [9.17, 15) is 35.4 Å². The largest absolute Gasteiger partial charge is 0.394 e. The molecule has 0 aromatic carbocycles. The molecule has 1 amide bonds. The highest BCUT2D eigenvalue weighted by molar-refractivity contribution is 5.80. The molecule has 1 aliphatic heterocycles. The number of hydrogen-bond donors (Lipinski definition) is 7. The summed E-state index contributed by atoms with van der Waals surface area (Å²) in [5.74, 6) is -0.613. The fourth-order valence-electron chi connectivity index (χ4n) is 8.87. The van der Waals surface area contributed by atoms with E-state index in [1.807, 2.05) is 6.08 Å². The molecule has 384 valence electrons. The Labute approximate surface area is 399 Å². The van der Waals surface area contributed by atoms with E-state index >= 15 is 0 Å². The topological polar surface area (TPSA) is 169 Å². The number of unbranched alkanes of at least 4 members (excludes halogenated alkanes) is 34. The number of allylic oxidation sites excluding steroid dienone is 3. The Hall–Kier alpha value is -1.37. The van der Waals surface area contributed by atoms with Gasteiger partial charge in [0.25, 0.3) is 0 Å².